The minimum absolute atomic E-state index is 0.0181. The lowest BCUT2D eigenvalue weighted by Gasteiger charge is -2.35. The highest BCUT2D eigenvalue weighted by Gasteiger charge is 2.57. The largest absolute Gasteiger partial charge is 0.497 e. The van der Waals surface area contributed by atoms with Crippen molar-refractivity contribution in [2.24, 2.45) is 5.41 Å². The maximum atomic E-state index is 15.0. The SMILES string of the molecule is COC1=C(OC2CCCN(CC(O)(c3cn(Cc4ccccc4)c4cc([N+](=O)[O-])ccc34)C(F)(F)F)CC2)C=CC(C)(CCC(=O)O)C1. The number of β-amino-alcohol motifs (C(OH)–C–C–N with tert-alkyl or cyclic N) is 1. The molecule has 5 rings (SSSR count). The van der Waals surface area contributed by atoms with Crippen LogP contribution in [-0.2, 0) is 26.4 Å². The lowest BCUT2D eigenvalue weighted by atomic mass is 9.78. The first-order valence-corrected chi connectivity index (χ1v) is 15.9. The molecule has 3 unspecified atom stereocenters. The van der Waals surface area contributed by atoms with E-state index in [4.69, 9.17) is 14.6 Å². The summed E-state index contributed by atoms with van der Waals surface area (Å²) < 4.78 is 58.3. The highest BCUT2D eigenvalue weighted by molar-refractivity contribution is 5.87. The predicted octanol–water partition coefficient (Wildman–Crippen LogP) is 6.91. The van der Waals surface area contributed by atoms with Crippen molar-refractivity contribution in [1.29, 1.82) is 0 Å². The number of alkyl halides is 3. The van der Waals surface area contributed by atoms with E-state index in [-0.39, 0.29) is 47.8 Å². The van der Waals surface area contributed by atoms with Crippen LogP contribution in [0.25, 0.3) is 10.9 Å². The van der Waals surface area contributed by atoms with Crippen molar-refractivity contribution < 1.29 is 42.6 Å². The van der Waals surface area contributed by atoms with E-state index in [0.717, 1.165) is 11.6 Å². The van der Waals surface area contributed by atoms with E-state index < -0.39 is 34.6 Å². The Bertz CT molecular complexity index is 1700. The van der Waals surface area contributed by atoms with Gasteiger partial charge in [-0.05, 0) is 55.3 Å². The smallest absolute Gasteiger partial charge is 0.422 e. The lowest BCUT2D eigenvalue weighted by molar-refractivity contribution is -0.384. The number of carboxylic acids is 1. The fourth-order valence-corrected chi connectivity index (χ4v) is 6.59. The van der Waals surface area contributed by atoms with E-state index in [2.05, 4.69) is 0 Å². The molecule has 0 bridgehead atoms. The normalized spacial score (nSPS) is 21.9. The highest BCUT2D eigenvalue weighted by Crippen LogP contribution is 2.44. The molecule has 1 aliphatic heterocycles. The second kappa shape index (κ2) is 14.0. The Morgan fingerprint density at radius 2 is 1.90 bits per heavy atom. The maximum absolute atomic E-state index is 15.0. The summed E-state index contributed by atoms with van der Waals surface area (Å²) in [5.41, 5.74) is -3.29. The summed E-state index contributed by atoms with van der Waals surface area (Å²) in [6.45, 7) is 1.91. The lowest BCUT2D eigenvalue weighted by Crippen LogP contribution is -2.51. The van der Waals surface area contributed by atoms with Crippen LogP contribution in [0.5, 0.6) is 0 Å². The molecule has 3 aromatic rings. The number of nitrogens with zero attached hydrogens (tertiary/aromatic N) is 3. The second-order valence-corrected chi connectivity index (χ2v) is 13.0. The van der Waals surface area contributed by atoms with Gasteiger partial charge < -0.3 is 24.3 Å². The maximum Gasteiger partial charge on any atom is 0.422 e. The molecule has 10 nitrogen and oxygen atoms in total. The quantitative estimate of drug-likeness (QED) is 0.157. The molecule has 1 aliphatic carbocycles. The Morgan fingerprint density at radius 3 is 2.56 bits per heavy atom. The van der Waals surface area contributed by atoms with Crippen LogP contribution in [0.4, 0.5) is 18.9 Å². The Labute approximate surface area is 276 Å². The number of likely N-dealkylation sites (tertiary alicyclic amines) is 1. The molecule has 2 aliphatic rings. The van der Waals surface area contributed by atoms with Crippen molar-refractivity contribution in [2.45, 2.75) is 69.9 Å². The average Bonchev–Trinajstić information content (AvgIpc) is 3.26. The van der Waals surface area contributed by atoms with Crippen LogP contribution in [0.2, 0.25) is 0 Å². The van der Waals surface area contributed by atoms with Crippen molar-refractivity contribution in [1.82, 2.24) is 9.47 Å². The summed E-state index contributed by atoms with van der Waals surface area (Å²) in [6.07, 6.45) is 2.01. The van der Waals surface area contributed by atoms with Crippen molar-refractivity contribution in [3.63, 3.8) is 0 Å². The van der Waals surface area contributed by atoms with E-state index >= 15 is 0 Å². The predicted molar refractivity (Wildman–Crippen MR) is 172 cm³/mol. The Kier molecular flexibility index (Phi) is 10.2. The molecule has 2 N–H and O–H groups in total. The van der Waals surface area contributed by atoms with Gasteiger partial charge in [0.25, 0.3) is 5.69 Å². The van der Waals surface area contributed by atoms with E-state index in [9.17, 15) is 33.2 Å². The molecule has 0 amide bonds. The molecule has 258 valence electrons. The van der Waals surface area contributed by atoms with Crippen LogP contribution in [0.3, 0.4) is 0 Å². The van der Waals surface area contributed by atoms with E-state index in [1.54, 1.807) is 35.2 Å². The van der Waals surface area contributed by atoms with Crippen molar-refractivity contribution in [3.05, 3.63) is 99.6 Å². The number of aliphatic hydroxyl groups is 1. The number of halogens is 3. The van der Waals surface area contributed by atoms with E-state index in [1.807, 2.05) is 19.1 Å². The van der Waals surface area contributed by atoms with Gasteiger partial charge in [0.05, 0.1) is 17.5 Å². The first-order chi connectivity index (χ1) is 22.7. The number of benzene rings is 2. The minimum Gasteiger partial charge on any atom is -0.497 e. The third kappa shape index (κ3) is 7.68. The number of nitro benzene ring substituents is 1. The van der Waals surface area contributed by atoms with Crippen molar-refractivity contribution in [2.75, 3.05) is 26.7 Å². The van der Waals surface area contributed by atoms with E-state index in [1.165, 1.54) is 30.0 Å². The molecule has 1 saturated heterocycles. The average molecular weight is 672 g/mol. The summed E-state index contributed by atoms with van der Waals surface area (Å²) in [6, 6.07) is 12.7. The summed E-state index contributed by atoms with van der Waals surface area (Å²) in [7, 11) is 1.53. The van der Waals surface area contributed by atoms with Crippen LogP contribution in [-0.4, -0.2) is 69.6 Å². The topological polar surface area (TPSA) is 127 Å². The van der Waals surface area contributed by atoms with Crippen LogP contribution >= 0.6 is 0 Å². The fraction of sp³-hybridized carbons (Fsp3) is 0.457. The van der Waals surface area contributed by atoms with Gasteiger partial charge in [-0.3, -0.25) is 19.8 Å². The fourth-order valence-electron chi connectivity index (χ4n) is 6.59. The number of fused-ring (bicyclic) bond motifs is 1. The van der Waals surface area contributed by atoms with Gasteiger partial charge >= 0.3 is 12.1 Å². The zero-order valence-electron chi connectivity index (χ0n) is 26.9. The number of allylic oxidation sites excluding steroid dienone is 3. The summed E-state index contributed by atoms with van der Waals surface area (Å²) in [4.78, 5) is 23.7. The Morgan fingerprint density at radius 1 is 1.15 bits per heavy atom. The summed E-state index contributed by atoms with van der Waals surface area (Å²) >= 11 is 0. The first-order valence-electron chi connectivity index (χ1n) is 15.9. The Hall–Kier alpha value is -4.36. The van der Waals surface area contributed by atoms with E-state index in [0.29, 0.717) is 50.2 Å². The monoisotopic (exact) mass is 671 g/mol. The molecular weight excluding hydrogens is 631 g/mol. The molecule has 0 radical (unpaired) electrons. The number of hydrogen-bond acceptors (Lipinski definition) is 7. The molecule has 1 aromatic heterocycles. The zero-order chi connectivity index (χ0) is 34.7. The van der Waals surface area contributed by atoms with Crippen LogP contribution < -0.4 is 0 Å². The number of hydrogen-bond donors (Lipinski definition) is 2. The van der Waals surface area contributed by atoms with Gasteiger partial charge in [0.15, 0.2) is 5.76 Å². The number of carbonyl (C=O) groups is 1. The summed E-state index contributed by atoms with van der Waals surface area (Å²) in [5, 5.41) is 32.4. The van der Waals surface area contributed by atoms with Gasteiger partial charge in [0.2, 0.25) is 5.60 Å². The molecule has 2 heterocycles. The highest BCUT2D eigenvalue weighted by atomic mass is 19.4. The second-order valence-electron chi connectivity index (χ2n) is 13.0. The van der Waals surface area contributed by atoms with Gasteiger partial charge in [-0.25, -0.2) is 0 Å². The molecule has 2 aromatic carbocycles. The zero-order valence-corrected chi connectivity index (χ0v) is 26.9. The van der Waals surface area contributed by atoms with Gasteiger partial charge in [0, 0.05) is 61.8 Å². The first kappa shape index (κ1) is 35.0. The molecule has 0 saturated carbocycles. The number of methoxy groups -OCH3 is 1. The number of non-ortho nitro benzene ring substituents is 1. The van der Waals surface area contributed by atoms with Crippen molar-refractivity contribution >= 4 is 22.6 Å². The minimum atomic E-state index is -5.05. The van der Waals surface area contributed by atoms with Crippen LogP contribution in [0.15, 0.2) is 78.4 Å². The molecule has 48 heavy (non-hydrogen) atoms. The number of rotatable bonds is 12. The number of aliphatic carboxylic acids is 1. The number of aromatic nitrogens is 1. The van der Waals surface area contributed by atoms with Crippen molar-refractivity contribution in [3.8, 4) is 0 Å². The third-order valence-electron chi connectivity index (χ3n) is 9.33. The number of carboxylic acid groups (broad SMARTS) is 1. The summed E-state index contributed by atoms with van der Waals surface area (Å²) in [5.74, 6) is 0.234. The van der Waals surface area contributed by atoms with Crippen LogP contribution in [0, 0.1) is 15.5 Å². The Balaban J connectivity index is 1.37. The number of ether oxygens (including phenoxy) is 2. The van der Waals surface area contributed by atoms with Gasteiger partial charge in [-0.2, -0.15) is 13.2 Å². The molecule has 13 heteroatoms. The molecular formula is C35H40F3N3O7. The van der Waals surface area contributed by atoms with Gasteiger partial charge in [-0.15, -0.1) is 0 Å². The molecule has 1 fully saturated rings. The third-order valence-corrected chi connectivity index (χ3v) is 9.33. The molecule has 3 atom stereocenters. The van der Waals surface area contributed by atoms with Crippen LogP contribution in [0.1, 0.15) is 56.6 Å². The standard InChI is InChI=1S/C35H40F3N3O7/c1-33(16-13-32(42)43)15-12-30(31(20-33)47-2)48-26-9-6-17-39(18-14-26)23-34(44,35(36,37)38)28-22-40(21-24-7-4-3-5-8-24)29-19-25(41(45)46)10-11-27(28)29/h3-5,7-8,10-12,15,19,22,26,44H,6,9,13-14,16-18,20-21,23H2,1-2H3,(H,42,43). The van der Waals surface area contributed by atoms with Gasteiger partial charge in [-0.1, -0.05) is 43.3 Å². The molecule has 0 spiro atoms. The van der Waals surface area contributed by atoms with Gasteiger partial charge in [0.1, 0.15) is 11.9 Å². The number of nitro groups is 1.